The zero-order chi connectivity index (χ0) is 21.2. The van der Waals surface area contributed by atoms with Gasteiger partial charge in [-0.05, 0) is 48.4 Å². The molecule has 1 heterocycles. The molecule has 0 aliphatic heterocycles. The molecule has 0 spiro atoms. The van der Waals surface area contributed by atoms with Crippen LogP contribution in [-0.4, -0.2) is 16.6 Å². The minimum absolute atomic E-state index is 0.00761. The van der Waals surface area contributed by atoms with Crippen LogP contribution in [-0.2, 0) is 16.0 Å². The zero-order valence-corrected chi connectivity index (χ0v) is 18.8. The highest BCUT2D eigenvalue weighted by Gasteiger charge is 2.27. The van der Waals surface area contributed by atoms with Crippen LogP contribution in [0, 0.1) is 5.41 Å². The molecule has 0 fully saturated rings. The van der Waals surface area contributed by atoms with E-state index in [-0.39, 0.29) is 24.4 Å². The maximum atomic E-state index is 12.4. The van der Waals surface area contributed by atoms with Crippen LogP contribution >= 0.6 is 34.5 Å². The molecule has 0 N–H and O–H groups in total. The molecule has 0 radical (unpaired) electrons. The van der Waals surface area contributed by atoms with E-state index in [0.29, 0.717) is 15.7 Å². The second kappa shape index (κ2) is 8.78. The van der Waals surface area contributed by atoms with E-state index in [1.807, 2.05) is 47.8 Å². The van der Waals surface area contributed by atoms with Crippen molar-refractivity contribution in [2.24, 2.45) is 5.41 Å². The third-order valence-electron chi connectivity index (χ3n) is 4.87. The van der Waals surface area contributed by atoms with Gasteiger partial charge in [-0.25, -0.2) is 4.98 Å². The molecule has 0 bridgehead atoms. The Hall–Kier alpha value is -2.01. The number of carbonyl (C=O) groups is 2. The van der Waals surface area contributed by atoms with Crippen molar-refractivity contribution in [1.29, 1.82) is 0 Å². The molecule has 3 rings (SSSR count). The van der Waals surface area contributed by atoms with Crippen LogP contribution in [0.5, 0.6) is 0 Å². The third-order valence-corrected chi connectivity index (χ3v) is 6.26. The Kier molecular flexibility index (Phi) is 6.57. The van der Waals surface area contributed by atoms with E-state index in [1.165, 1.54) is 18.3 Å². The summed E-state index contributed by atoms with van der Waals surface area (Å²) in [6.45, 7) is 5.11. The fourth-order valence-electron chi connectivity index (χ4n) is 2.99. The summed E-state index contributed by atoms with van der Waals surface area (Å²) in [6.07, 6.45) is 0.428. The Morgan fingerprint density at radius 3 is 2.45 bits per heavy atom. The van der Waals surface area contributed by atoms with Gasteiger partial charge in [0.1, 0.15) is 16.6 Å². The van der Waals surface area contributed by atoms with Crippen molar-refractivity contribution in [3.8, 4) is 21.7 Å². The fourth-order valence-corrected chi connectivity index (χ4v) is 4.21. The van der Waals surface area contributed by atoms with Gasteiger partial charge in [-0.15, -0.1) is 11.3 Å². The van der Waals surface area contributed by atoms with Crippen molar-refractivity contribution in [2.75, 3.05) is 0 Å². The normalized spacial score (nSPS) is 11.5. The minimum Gasteiger partial charge on any atom is -0.299 e. The second-order valence-electron chi connectivity index (χ2n) is 7.68. The molecule has 0 unspecified atom stereocenters. The number of carbonyl (C=O) groups excluding carboxylic acids is 2. The summed E-state index contributed by atoms with van der Waals surface area (Å²) in [5, 5.41) is 3.98. The highest BCUT2D eigenvalue weighted by atomic mass is 35.5. The smallest absolute Gasteiger partial charge is 0.139 e. The first kappa shape index (κ1) is 21.7. The third kappa shape index (κ3) is 5.33. The van der Waals surface area contributed by atoms with E-state index < -0.39 is 5.41 Å². The number of hydrogen-bond donors (Lipinski definition) is 0. The summed E-state index contributed by atoms with van der Waals surface area (Å²) >= 11 is 13.9. The highest BCUT2D eigenvalue weighted by Crippen LogP contribution is 2.36. The fraction of sp³-hybridized carbons (Fsp3) is 0.261. The highest BCUT2D eigenvalue weighted by molar-refractivity contribution is 7.13. The summed E-state index contributed by atoms with van der Waals surface area (Å²) in [4.78, 5) is 28.8. The van der Waals surface area contributed by atoms with Crippen LogP contribution in [0.1, 0.15) is 32.9 Å². The van der Waals surface area contributed by atoms with Gasteiger partial charge in [0, 0.05) is 39.2 Å². The molecule has 6 heteroatoms. The number of hydrogen-bond acceptors (Lipinski definition) is 4. The standard InChI is InChI=1S/C23H21Cl2NO2S/c1-14(27)23(2,3)12-19(28)11-18-13-29-22(26-18)20-8-7-17(25)10-21(20)15-5-4-6-16(24)9-15/h4-10,13H,11-12H2,1-3H3. The van der Waals surface area contributed by atoms with Gasteiger partial charge < -0.3 is 0 Å². The zero-order valence-electron chi connectivity index (χ0n) is 16.5. The van der Waals surface area contributed by atoms with Crippen molar-refractivity contribution in [3.63, 3.8) is 0 Å². The van der Waals surface area contributed by atoms with Crippen LogP contribution in [0.15, 0.2) is 47.8 Å². The summed E-state index contributed by atoms with van der Waals surface area (Å²) in [7, 11) is 0. The summed E-state index contributed by atoms with van der Waals surface area (Å²) in [6, 6.07) is 13.2. The Bertz CT molecular complexity index is 1070. The molecule has 29 heavy (non-hydrogen) atoms. The molecule has 150 valence electrons. The lowest BCUT2D eigenvalue weighted by molar-refractivity contribution is -0.130. The Morgan fingerprint density at radius 1 is 1.03 bits per heavy atom. The average Bonchev–Trinajstić information content (AvgIpc) is 3.09. The van der Waals surface area contributed by atoms with Gasteiger partial charge in [-0.1, -0.05) is 49.2 Å². The summed E-state index contributed by atoms with van der Waals surface area (Å²) in [5.41, 5.74) is 2.88. The van der Waals surface area contributed by atoms with Crippen LogP contribution in [0.3, 0.4) is 0 Å². The van der Waals surface area contributed by atoms with Gasteiger partial charge in [0.2, 0.25) is 0 Å². The maximum Gasteiger partial charge on any atom is 0.139 e. The first-order chi connectivity index (χ1) is 13.7. The summed E-state index contributed by atoms with van der Waals surface area (Å²) < 4.78 is 0. The van der Waals surface area contributed by atoms with Gasteiger partial charge in [0.05, 0.1) is 5.69 Å². The number of thiazole rings is 1. The number of rotatable bonds is 7. The maximum absolute atomic E-state index is 12.4. The van der Waals surface area contributed by atoms with E-state index >= 15 is 0 Å². The molecule has 2 aromatic carbocycles. The molecule has 0 aliphatic rings. The monoisotopic (exact) mass is 445 g/mol. The SMILES string of the molecule is CC(=O)C(C)(C)CC(=O)Cc1csc(-c2ccc(Cl)cc2-c2cccc(Cl)c2)n1. The van der Waals surface area contributed by atoms with Crippen molar-refractivity contribution in [1.82, 2.24) is 4.98 Å². The van der Waals surface area contributed by atoms with Gasteiger partial charge >= 0.3 is 0 Å². The molecule has 1 aromatic heterocycles. The number of benzene rings is 2. The van der Waals surface area contributed by atoms with Gasteiger partial charge in [-0.2, -0.15) is 0 Å². The van der Waals surface area contributed by atoms with E-state index in [1.54, 1.807) is 13.8 Å². The van der Waals surface area contributed by atoms with Crippen LogP contribution in [0.25, 0.3) is 21.7 Å². The minimum atomic E-state index is -0.647. The summed E-state index contributed by atoms with van der Waals surface area (Å²) in [5.74, 6) is 0.0189. The topological polar surface area (TPSA) is 47.0 Å². The molecule has 0 atom stereocenters. The number of Topliss-reactive ketones (excluding diaryl/α,β-unsaturated/α-hetero) is 2. The van der Waals surface area contributed by atoms with E-state index in [2.05, 4.69) is 4.98 Å². The van der Waals surface area contributed by atoms with Gasteiger partial charge in [-0.3, -0.25) is 9.59 Å². The van der Waals surface area contributed by atoms with Gasteiger partial charge in [0.15, 0.2) is 0 Å². The molecular formula is C23H21Cl2NO2S. The van der Waals surface area contributed by atoms with Crippen molar-refractivity contribution >= 4 is 46.1 Å². The lowest BCUT2D eigenvalue weighted by Gasteiger charge is -2.19. The van der Waals surface area contributed by atoms with Gasteiger partial charge in [0.25, 0.3) is 0 Å². The Balaban J connectivity index is 1.88. The van der Waals surface area contributed by atoms with Crippen molar-refractivity contribution in [3.05, 3.63) is 63.6 Å². The second-order valence-corrected chi connectivity index (χ2v) is 9.41. The number of ketones is 2. The van der Waals surface area contributed by atoms with E-state index in [0.717, 1.165) is 21.7 Å². The van der Waals surface area contributed by atoms with Crippen molar-refractivity contribution in [2.45, 2.75) is 33.6 Å². The lowest BCUT2D eigenvalue weighted by Crippen LogP contribution is -2.25. The van der Waals surface area contributed by atoms with Crippen LogP contribution < -0.4 is 0 Å². The van der Waals surface area contributed by atoms with E-state index in [9.17, 15) is 9.59 Å². The number of aromatic nitrogens is 1. The predicted octanol–water partition coefficient (Wildman–Crippen LogP) is 6.90. The molecule has 0 saturated heterocycles. The first-order valence-electron chi connectivity index (χ1n) is 9.19. The molecule has 3 nitrogen and oxygen atoms in total. The Morgan fingerprint density at radius 2 is 1.76 bits per heavy atom. The van der Waals surface area contributed by atoms with Crippen molar-refractivity contribution < 1.29 is 9.59 Å². The molecular weight excluding hydrogens is 425 g/mol. The molecule has 0 amide bonds. The average molecular weight is 446 g/mol. The molecule has 0 aliphatic carbocycles. The quantitative estimate of drug-likeness (QED) is 0.397. The molecule has 0 saturated carbocycles. The predicted molar refractivity (Wildman–Crippen MR) is 121 cm³/mol. The largest absolute Gasteiger partial charge is 0.299 e. The van der Waals surface area contributed by atoms with Crippen LogP contribution in [0.4, 0.5) is 0 Å². The number of nitrogens with zero attached hydrogens (tertiary/aromatic N) is 1. The number of halogens is 2. The van der Waals surface area contributed by atoms with E-state index in [4.69, 9.17) is 23.2 Å². The lowest BCUT2D eigenvalue weighted by atomic mass is 9.83. The molecule has 3 aromatic rings. The Labute approximate surface area is 184 Å². The first-order valence-corrected chi connectivity index (χ1v) is 10.8. The van der Waals surface area contributed by atoms with Crippen LogP contribution in [0.2, 0.25) is 10.0 Å².